The fraction of sp³-hybridized carbons (Fsp3) is 0.517. The van der Waals surface area contributed by atoms with Crippen molar-refractivity contribution in [3.05, 3.63) is 64.7 Å². The third-order valence-electron chi connectivity index (χ3n) is 6.88. The van der Waals surface area contributed by atoms with E-state index >= 15 is 0 Å². The number of carbonyl (C=O) groups is 2. The van der Waals surface area contributed by atoms with Gasteiger partial charge in [-0.05, 0) is 69.2 Å². The molecule has 2 aromatic carbocycles. The molecule has 0 radical (unpaired) electrons. The van der Waals surface area contributed by atoms with Gasteiger partial charge in [0.05, 0.1) is 0 Å². The lowest BCUT2D eigenvalue weighted by Gasteiger charge is -2.37. The normalized spacial score (nSPS) is 26.5. The van der Waals surface area contributed by atoms with Crippen LogP contribution in [0.4, 0.5) is 5.69 Å². The molecule has 2 heterocycles. The molecule has 2 aliphatic heterocycles. The first-order chi connectivity index (χ1) is 15.7. The minimum atomic E-state index is -0.925. The number of ether oxygens (including phenoxy) is 1. The maximum absolute atomic E-state index is 14.1. The molecule has 1 spiro atoms. The summed E-state index contributed by atoms with van der Waals surface area (Å²) in [6.45, 7) is 16.2. The van der Waals surface area contributed by atoms with Crippen LogP contribution >= 0.6 is 0 Å². The lowest BCUT2D eigenvalue weighted by molar-refractivity contribution is -0.157. The van der Waals surface area contributed by atoms with E-state index in [2.05, 4.69) is 49.6 Å². The van der Waals surface area contributed by atoms with Gasteiger partial charge in [0.25, 0.3) is 0 Å². The van der Waals surface area contributed by atoms with Gasteiger partial charge in [0.2, 0.25) is 5.91 Å². The van der Waals surface area contributed by atoms with E-state index in [9.17, 15) is 9.59 Å². The molecular formula is C29H38N2O3. The summed E-state index contributed by atoms with van der Waals surface area (Å²) in [6, 6.07) is 13.5. The molecule has 4 atom stereocenters. The summed E-state index contributed by atoms with van der Waals surface area (Å²) in [6.07, 6.45) is 0.731. The minimum Gasteiger partial charge on any atom is -0.459 e. The Labute approximate surface area is 203 Å². The minimum absolute atomic E-state index is 0.0487. The van der Waals surface area contributed by atoms with Crippen molar-refractivity contribution in [2.45, 2.75) is 90.8 Å². The van der Waals surface area contributed by atoms with E-state index < -0.39 is 23.0 Å². The summed E-state index contributed by atoms with van der Waals surface area (Å²) in [5.41, 5.74) is 3.35. The number of fused-ring (bicyclic) bond motifs is 2. The van der Waals surface area contributed by atoms with Crippen molar-refractivity contribution in [1.29, 1.82) is 0 Å². The van der Waals surface area contributed by atoms with Gasteiger partial charge in [-0.25, -0.2) is 0 Å². The molecule has 5 nitrogen and oxygen atoms in total. The Morgan fingerprint density at radius 1 is 1.00 bits per heavy atom. The van der Waals surface area contributed by atoms with Crippen molar-refractivity contribution in [3.8, 4) is 0 Å². The zero-order chi connectivity index (χ0) is 25.1. The highest BCUT2D eigenvalue weighted by atomic mass is 16.6. The van der Waals surface area contributed by atoms with Gasteiger partial charge in [0.1, 0.15) is 17.1 Å². The maximum atomic E-state index is 14.1. The van der Waals surface area contributed by atoms with Crippen molar-refractivity contribution in [1.82, 2.24) is 5.32 Å². The third-order valence-corrected chi connectivity index (χ3v) is 6.88. The van der Waals surface area contributed by atoms with Gasteiger partial charge in [0.15, 0.2) is 0 Å². The molecule has 1 fully saturated rings. The van der Waals surface area contributed by atoms with Crippen LogP contribution in [0, 0.1) is 19.3 Å². The fourth-order valence-corrected chi connectivity index (χ4v) is 5.77. The zero-order valence-corrected chi connectivity index (χ0v) is 21.7. The van der Waals surface area contributed by atoms with Crippen LogP contribution in [0.2, 0.25) is 0 Å². The molecule has 4 rings (SSSR count). The van der Waals surface area contributed by atoms with Gasteiger partial charge in [0, 0.05) is 17.6 Å². The fourth-order valence-electron chi connectivity index (χ4n) is 5.77. The number of anilines is 1. The Morgan fingerprint density at radius 2 is 1.68 bits per heavy atom. The number of hydrogen-bond donors (Lipinski definition) is 2. The van der Waals surface area contributed by atoms with E-state index in [4.69, 9.17) is 4.74 Å². The first-order valence-electron chi connectivity index (χ1n) is 12.2. The molecule has 0 bridgehead atoms. The van der Waals surface area contributed by atoms with Gasteiger partial charge >= 0.3 is 5.97 Å². The Balaban J connectivity index is 1.98. The summed E-state index contributed by atoms with van der Waals surface area (Å²) < 4.78 is 5.89. The second kappa shape index (κ2) is 8.23. The van der Waals surface area contributed by atoms with Crippen molar-refractivity contribution in [3.63, 3.8) is 0 Å². The number of nitrogens with one attached hydrogen (secondary N) is 2. The molecule has 2 unspecified atom stereocenters. The van der Waals surface area contributed by atoms with Crippen LogP contribution in [-0.4, -0.2) is 29.6 Å². The van der Waals surface area contributed by atoms with E-state index in [-0.39, 0.29) is 23.3 Å². The first-order valence-corrected chi connectivity index (χ1v) is 12.2. The molecular weight excluding hydrogens is 424 g/mol. The molecule has 2 N–H and O–H groups in total. The topological polar surface area (TPSA) is 67.4 Å². The zero-order valence-electron chi connectivity index (χ0n) is 21.7. The van der Waals surface area contributed by atoms with E-state index in [1.165, 1.54) is 0 Å². The molecule has 0 saturated carbocycles. The summed E-state index contributed by atoms with van der Waals surface area (Å²) in [4.78, 5) is 27.7. The Kier molecular flexibility index (Phi) is 5.92. The van der Waals surface area contributed by atoms with E-state index in [0.717, 1.165) is 34.4 Å². The Hall–Kier alpha value is -2.66. The highest BCUT2D eigenvalue weighted by molar-refractivity contribution is 6.09. The van der Waals surface area contributed by atoms with Crippen LogP contribution in [0.3, 0.4) is 0 Å². The molecule has 2 aromatic rings. The van der Waals surface area contributed by atoms with Gasteiger partial charge in [-0.3, -0.25) is 14.9 Å². The van der Waals surface area contributed by atoms with Gasteiger partial charge < -0.3 is 10.1 Å². The number of carbonyl (C=O) groups excluding carboxylic acids is 2. The molecule has 1 amide bonds. The SMILES string of the molecule is Cc1cccc(C2[C@H](C(=O)OC(C)(C)C)NC(CC(C)(C)C)[C@@]23C(=O)Nc2cc(C)ccc23)c1. The van der Waals surface area contributed by atoms with Crippen molar-refractivity contribution in [2.24, 2.45) is 5.41 Å². The summed E-state index contributed by atoms with van der Waals surface area (Å²) >= 11 is 0. The molecule has 1 saturated heterocycles. The summed E-state index contributed by atoms with van der Waals surface area (Å²) in [5.74, 6) is -0.769. The molecule has 0 aromatic heterocycles. The van der Waals surface area contributed by atoms with Crippen LogP contribution in [0.5, 0.6) is 0 Å². The maximum Gasteiger partial charge on any atom is 0.324 e. The summed E-state index contributed by atoms with van der Waals surface area (Å²) in [7, 11) is 0. The lowest BCUT2D eigenvalue weighted by Crippen LogP contribution is -2.49. The Bertz CT molecular complexity index is 1120. The van der Waals surface area contributed by atoms with E-state index in [1.54, 1.807) is 0 Å². The van der Waals surface area contributed by atoms with Crippen LogP contribution < -0.4 is 10.6 Å². The van der Waals surface area contributed by atoms with Crippen LogP contribution in [0.1, 0.15) is 76.1 Å². The second-order valence-corrected chi connectivity index (χ2v) is 12.3. The second-order valence-electron chi connectivity index (χ2n) is 12.3. The standard InChI is InChI=1S/C29H38N2O3/c1-17-10-9-11-19(14-17)23-24(25(32)34-28(6,7)8)31-22(16-27(3,4)5)29(23)20-13-12-18(2)15-21(20)30-26(29)33/h9-15,22-24,31H,16H2,1-8H3,(H,30,33)/t22?,23?,24-,29-/m1/s1. The van der Waals surface area contributed by atoms with Gasteiger partial charge in [-0.1, -0.05) is 62.7 Å². The predicted molar refractivity (Wildman–Crippen MR) is 136 cm³/mol. The largest absolute Gasteiger partial charge is 0.459 e. The van der Waals surface area contributed by atoms with Gasteiger partial charge in [-0.15, -0.1) is 0 Å². The number of aryl methyl sites for hydroxylation is 2. The number of rotatable bonds is 3. The predicted octanol–water partition coefficient (Wildman–Crippen LogP) is 5.40. The van der Waals surface area contributed by atoms with Crippen LogP contribution in [-0.2, 0) is 19.7 Å². The molecule has 5 heteroatoms. The average Bonchev–Trinajstić information content (AvgIpc) is 3.15. The first kappa shape index (κ1) is 24.5. The van der Waals surface area contributed by atoms with E-state index in [1.807, 2.05) is 58.9 Å². The highest BCUT2D eigenvalue weighted by Gasteiger charge is 2.66. The number of hydrogen-bond acceptors (Lipinski definition) is 4. The van der Waals surface area contributed by atoms with Crippen LogP contribution in [0.15, 0.2) is 42.5 Å². The smallest absolute Gasteiger partial charge is 0.324 e. The molecule has 182 valence electrons. The molecule has 34 heavy (non-hydrogen) atoms. The molecule has 2 aliphatic rings. The number of amides is 1. The lowest BCUT2D eigenvalue weighted by atomic mass is 9.62. The van der Waals surface area contributed by atoms with Crippen molar-refractivity contribution in [2.75, 3.05) is 5.32 Å². The van der Waals surface area contributed by atoms with Gasteiger partial charge in [-0.2, -0.15) is 0 Å². The quantitative estimate of drug-likeness (QED) is 0.600. The molecule has 0 aliphatic carbocycles. The average molecular weight is 463 g/mol. The monoisotopic (exact) mass is 462 g/mol. The van der Waals surface area contributed by atoms with Crippen LogP contribution in [0.25, 0.3) is 0 Å². The van der Waals surface area contributed by atoms with Crippen molar-refractivity contribution < 1.29 is 14.3 Å². The highest BCUT2D eigenvalue weighted by Crippen LogP contribution is 2.56. The number of benzene rings is 2. The van der Waals surface area contributed by atoms with Crippen molar-refractivity contribution >= 4 is 17.6 Å². The Morgan fingerprint density at radius 3 is 2.29 bits per heavy atom. The summed E-state index contributed by atoms with van der Waals surface area (Å²) in [5, 5.41) is 6.80. The third kappa shape index (κ3) is 4.26. The van der Waals surface area contributed by atoms with E-state index in [0.29, 0.717) is 0 Å². The number of esters is 1.